The summed E-state index contributed by atoms with van der Waals surface area (Å²) < 4.78 is 1.29. The van der Waals surface area contributed by atoms with Crippen molar-refractivity contribution in [2.24, 2.45) is 0 Å². The zero-order valence-electron chi connectivity index (χ0n) is 5.71. The number of imidazole rings is 1. The SMILES string of the molecule is O=c1[nH]c(Cl)cc2nc(Cl)cn12. The molecule has 0 amide bonds. The summed E-state index contributed by atoms with van der Waals surface area (Å²) in [7, 11) is 0. The average Bonchev–Trinajstić information content (AvgIpc) is 2.29. The van der Waals surface area contributed by atoms with Crippen LogP contribution in [0.25, 0.3) is 5.65 Å². The third-order valence-electron chi connectivity index (χ3n) is 1.40. The molecule has 2 aromatic rings. The van der Waals surface area contributed by atoms with E-state index in [1.165, 1.54) is 16.7 Å². The minimum Gasteiger partial charge on any atom is -0.297 e. The molecule has 0 aromatic carbocycles. The van der Waals surface area contributed by atoms with Gasteiger partial charge >= 0.3 is 5.69 Å². The fourth-order valence-corrected chi connectivity index (χ4v) is 1.30. The lowest BCUT2D eigenvalue weighted by molar-refractivity contribution is 1.00. The highest BCUT2D eigenvalue weighted by Gasteiger charge is 2.02. The molecule has 1 N–H and O–H groups in total. The van der Waals surface area contributed by atoms with Gasteiger partial charge in [0.2, 0.25) is 0 Å². The molecule has 0 saturated carbocycles. The summed E-state index contributed by atoms with van der Waals surface area (Å²) in [6.07, 6.45) is 1.42. The summed E-state index contributed by atoms with van der Waals surface area (Å²) in [6, 6.07) is 1.52. The molecule has 0 aliphatic rings. The van der Waals surface area contributed by atoms with E-state index in [9.17, 15) is 4.79 Å². The van der Waals surface area contributed by atoms with Gasteiger partial charge in [0, 0.05) is 6.07 Å². The lowest BCUT2D eigenvalue weighted by atomic mass is 10.6. The van der Waals surface area contributed by atoms with Gasteiger partial charge in [-0.25, -0.2) is 14.2 Å². The molecule has 62 valence electrons. The van der Waals surface area contributed by atoms with Crippen LogP contribution in [0.3, 0.4) is 0 Å². The first kappa shape index (κ1) is 7.64. The molecule has 0 atom stereocenters. The lowest BCUT2D eigenvalue weighted by Crippen LogP contribution is -2.14. The number of hydrogen-bond donors (Lipinski definition) is 1. The number of aromatic nitrogens is 3. The Hall–Kier alpha value is -1.00. The van der Waals surface area contributed by atoms with E-state index >= 15 is 0 Å². The number of hydrogen-bond acceptors (Lipinski definition) is 2. The summed E-state index contributed by atoms with van der Waals surface area (Å²) in [5.41, 5.74) is 0.0886. The maximum Gasteiger partial charge on any atom is 0.332 e. The van der Waals surface area contributed by atoms with Gasteiger partial charge in [-0.15, -0.1) is 0 Å². The van der Waals surface area contributed by atoms with Gasteiger partial charge in [-0.05, 0) is 0 Å². The van der Waals surface area contributed by atoms with E-state index in [0.29, 0.717) is 5.65 Å². The van der Waals surface area contributed by atoms with Crippen LogP contribution in [0.5, 0.6) is 0 Å². The molecule has 0 fully saturated rings. The van der Waals surface area contributed by atoms with Crippen molar-refractivity contribution in [2.75, 3.05) is 0 Å². The first-order valence-electron chi connectivity index (χ1n) is 3.10. The fraction of sp³-hybridized carbons (Fsp3) is 0. The summed E-state index contributed by atoms with van der Waals surface area (Å²) in [6.45, 7) is 0. The predicted octanol–water partition coefficient (Wildman–Crippen LogP) is 1.33. The van der Waals surface area contributed by atoms with E-state index in [0.717, 1.165) is 0 Å². The number of nitrogens with one attached hydrogen (secondary N) is 1. The van der Waals surface area contributed by atoms with Crippen molar-refractivity contribution in [3.8, 4) is 0 Å². The van der Waals surface area contributed by atoms with E-state index in [-0.39, 0.29) is 16.0 Å². The molecule has 4 nitrogen and oxygen atoms in total. The van der Waals surface area contributed by atoms with Gasteiger partial charge in [-0.2, -0.15) is 0 Å². The Bertz CT molecular complexity index is 487. The lowest BCUT2D eigenvalue weighted by Gasteiger charge is -1.91. The van der Waals surface area contributed by atoms with Crippen LogP contribution in [0, 0.1) is 0 Å². The van der Waals surface area contributed by atoms with Crippen LogP contribution in [0.2, 0.25) is 10.3 Å². The highest BCUT2D eigenvalue weighted by Crippen LogP contribution is 2.09. The van der Waals surface area contributed by atoms with Crippen molar-refractivity contribution >= 4 is 28.8 Å². The highest BCUT2D eigenvalue weighted by atomic mass is 35.5. The monoisotopic (exact) mass is 203 g/mol. The zero-order valence-corrected chi connectivity index (χ0v) is 7.23. The number of rotatable bonds is 0. The molecule has 2 heterocycles. The number of H-pyrrole nitrogens is 1. The third kappa shape index (κ3) is 1.09. The number of nitrogens with zero attached hydrogens (tertiary/aromatic N) is 2. The topological polar surface area (TPSA) is 50.2 Å². The van der Waals surface area contributed by atoms with E-state index in [4.69, 9.17) is 23.2 Å². The number of fused-ring (bicyclic) bond motifs is 1. The van der Waals surface area contributed by atoms with Crippen molar-refractivity contribution in [3.63, 3.8) is 0 Å². The summed E-state index contributed by atoms with van der Waals surface area (Å²) >= 11 is 11.2. The van der Waals surface area contributed by atoms with Crippen molar-refractivity contribution in [1.82, 2.24) is 14.4 Å². The Morgan fingerprint density at radius 3 is 3.00 bits per heavy atom. The summed E-state index contributed by atoms with van der Waals surface area (Å²) in [5.74, 6) is 0. The highest BCUT2D eigenvalue weighted by molar-refractivity contribution is 6.30. The molecule has 0 unspecified atom stereocenters. The van der Waals surface area contributed by atoms with Gasteiger partial charge in [0.05, 0.1) is 6.20 Å². The van der Waals surface area contributed by atoms with Gasteiger partial charge in [0.1, 0.15) is 16.0 Å². The van der Waals surface area contributed by atoms with Crippen molar-refractivity contribution < 1.29 is 0 Å². The van der Waals surface area contributed by atoms with E-state index in [1.54, 1.807) is 0 Å². The molecule has 12 heavy (non-hydrogen) atoms. The number of halogens is 2. The number of aromatic amines is 1. The van der Waals surface area contributed by atoms with Crippen LogP contribution >= 0.6 is 23.2 Å². The van der Waals surface area contributed by atoms with E-state index < -0.39 is 0 Å². The molecular weight excluding hydrogens is 201 g/mol. The minimum atomic E-state index is -0.350. The molecule has 0 saturated heterocycles. The molecule has 6 heteroatoms. The second-order valence-corrected chi connectivity index (χ2v) is 3.01. The molecule has 2 rings (SSSR count). The normalized spacial score (nSPS) is 10.8. The van der Waals surface area contributed by atoms with Gasteiger partial charge in [-0.3, -0.25) is 4.98 Å². The molecule has 2 aromatic heterocycles. The van der Waals surface area contributed by atoms with Gasteiger partial charge in [-0.1, -0.05) is 23.2 Å². The molecule has 0 spiro atoms. The van der Waals surface area contributed by atoms with Crippen LogP contribution in [0.15, 0.2) is 17.1 Å². The second kappa shape index (κ2) is 2.50. The Balaban J connectivity index is 2.98. The quantitative estimate of drug-likeness (QED) is 0.658. The van der Waals surface area contributed by atoms with Gasteiger partial charge in [0.25, 0.3) is 0 Å². The van der Waals surface area contributed by atoms with Crippen LogP contribution in [-0.2, 0) is 0 Å². The molecule has 0 radical (unpaired) electrons. The zero-order chi connectivity index (χ0) is 8.72. The Kier molecular flexibility index (Phi) is 1.59. The van der Waals surface area contributed by atoms with Crippen molar-refractivity contribution in [2.45, 2.75) is 0 Å². The second-order valence-electron chi connectivity index (χ2n) is 2.21. The first-order chi connectivity index (χ1) is 5.66. The summed E-state index contributed by atoms with van der Waals surface area (Å²) in [5, 5.41) is 0.512. The molecule has 0 aliphatic carbocycles. The molecule has 0 aliphatic heterocycles. The standard InChI is InChI=1S/C6H3Cl2N3O/c7-3-1-5-9-4(8)2-11(5)6(12)10-3/h1-2H,(H,10,12). The van der Waals surface area contributed by atoms with Crippen LogP contribution in [0.4, 0.5) is 0 Å². The first-order valence-corrected chi connectivity index (χ1v) is 3.86. The fourth-order valence-electron chi connectivity index (χ4n) is 0.941. The van der Waals surface area contributed by atoms with Gasteiger partial charge < -0.3 is 0 Å². The smallest absolute Gasteiger partial charge is 0.297 e. The molecular formula is C6H3Cl2N3O. The Morgan fingerprint density at radius 2 is 2.25 bits per heavy atom. The van der Waals surface area contributed by atoms with Crippen molar-refractivity contribution in [3.05, 3.63) is 33.1 Å². The van der Waals surface area contributed by atoms with E-state index in [2.05, 4.69) is 9.97 Å². The average molecular weight is 204 g/mol. The predicted molar refractivity (Wildman–Crippen MR) is 45.8 cm³/mol. The van der Waals surface area contributed by atoms with Crippen LogP contribution < -0.4 is 5.69 Å². The maximum atomic E-state index is 11.1. The van der Waals surface area contributed by atoms with Crippen LogP contribution in [-0.4, -0.2) is 14.4 Å². The van der Waals surface area contributed by atoms with Gasteiger partial charge in [0.15, 0.2) is 0 Å². The molecule has 0 bridgehead atoms. The van der Waals surface area contributed by atoms with E-state index in [1.807, 2.05) is 0 Å². The maximum absolute atomic E-state index is 11.1. The Morgan fingerprint density at radius 1 is 1.50 bits per heavy atom. The van der Waals surface area contributed by atoms with Crippen molar-refractivity contribution in [1.29, 1.82) is 0 Å². The van der Waals surface area contributed by atoms with Crippen LogP contribution in [0.1, 0.15) is 0 Å². The largest absolute Gasteiger partial charge is 0.332 e. The summed E-state index contributed by atoms with van der Waals surface area (Å²) in [4.78, 5) is 17.4. The minimum absolute atomic E-state index is 0.245. The third-order valence-corrected chi connectivity index (χ3v) is 1.79. The Labute approximate surface area is 76.8 Å².